The summed E-state index contributed by atoms with van der Waals surface area (Å²) in [6, 6.07) is 16.4. The van der Waals surface area contributed by atoms with E-state index in [1.165, 1.54) is 20.8 Å². The van der Waals surface area contributed by atoms with Gasteiger partial charge in [0.1, 0.15) is 17.2 Å². The number of aryl methyl sites for hydroxylation is 1. The molecule has 3 rings (SSSR count). The largest absolute Gasteiger partial charge is 0.478 e. The molecule has 0 aromatic heterocycles. The number of carbonyl (C=O) groups is 2. The Morgan fingerprint density at radius 2 is 1.57 bits per heavy atom. The highest BCUT2D eigenvalue weighted by atomic mass is 19.4. The number of amides is 1. The summed E-state index contributed by atoms with van der Waals surface area (Å²) < 4.78 is 49.8. The van der Waals surface area contributed by atoms with Crippen molar-refractivity contribution in [3.05, 3.63) is 89.0 Å². The zero-order valence-electron chi connectivity index (χ0n) is 19.3. The fraction of sp³-hybridized carbons (Fsp3) is 0.231. The molecule has 184 valence electrons. The maximum absolute atomic E-state index is 12.8. The van der Waals surface area contributed by atoms with Gasteiger partial charge >= 0.3 is 12.1 Å². The third-order valence-corrected chi connectivity index (χ3v) is 5.10. The molecule has 0 aliphatic carbocycles. The van der Waals surface area contributed by atoms with E-state index in [1.54, 1.807) is 48.5 Å². The van der Waals surface area contributed by atoms with Crippen LogP contribution in [0.15, 0.2) is 66.7 Å². The lowest BCUT2D eigenvalue weighted by molar-refractivity contribution is -0.152. The second-order valence-corrected chi connectivity index (χ2v) is 8.35. The minimum atomic E-state index is -4.47. The second-order valence-electron chi connectivity index (χ2n) is 8.35. The number of carbonyl (C=O) groups excluding carboxylic acids is 1. The fourth-order valence-electron chi connectivity index (χ4n) is 3.14. The Balaban J connectivity index is 1.62. The van der Waals surface area contributed by atoms with Crippen LogP contribution < -0.4 is 14.8 Å². The summed E-state index contributed by atoms with van der Waals surface area (Å²) in [5, 5.41) is 11.9. The number of benzene rings is 3. The maximum atomic E-state index is 12.8. The molecule has 0 fully saturated rings. The lowest BCUT2D eigenvalue weighted by atomic mass is 10.0. The maximum Gasteiger partial charge on any atom is 0.416 e. The van der Waals surface area contributed by atoms with Gasteiger partial charge in [-0.15, -0.1) is 0 Å². The van der Waals surface area contributed by atoms with Crippen LogP contribution in [0.25, 0.3) is 0 Å². The SMILES string of the molecule is Cc1cc(C(F)(F)F)ccc1C(=O)NCc1cccc(Oc2ccc(OC(C)(C)C(=O)O)cc2)c1. The summed E-state index contributed by atoms with van der Waals surface area (Å²) in [6.07, 6.45) is -4.47. The first kappa shape index (κ1) is 25.6. The lowest BCUT2D eigenvalue weighted by Gasteiger charge is -2.21. The highest BCUT2D eigenvalue weighted by Gasteiger charge is 2.31. The van der Waals surface area contributed by atoms with E-state index in [9.17, 15) is 22.8 Å². The number of hydrogen-bond acceptors (Lipinski definition) is 4. The summed E-state index contributed by atoms with van der Waals surface area (Å²) in [4.78, 5) is 23.7. The number of aliphatic carboxylic acids is 1. The Bertz CT molecular complexity index is 1220. The first-order valence-corrected chi connectivity index (χ1v) is 10.6. The first-order valence-electron chi connectivity index (χ1n) is 10.6. The first-order chi connectivity index (χ1) is 16.3. The van der Waals surface area contributed by atoms with E-state index in [4.69, 9.17) is 14.6 Å². The Labute approximate surface area is 200 Å². The van der Waals surface area contributed by atoms with E-state index in [1.807, 2.05) is 0 Å². The molecule has 3 aromatic rings. The molecule has 6 nitrogen and oxygen atoms in total. The number of rotatable bonds is 8. The zero-order chi connectivity index (χ0) is 25.8. The van der Waals surface area contributed by atoms with Crippen LogP contribution in [0.5, 0.6) is 17.2 Å². The van der Waals surface area contributed by atoms with Gasteiger partial charge in [-0.1, -0.05) is 12.1 Å². The van der Waals surface area contributed by atoms with Gasteiger partial charge in [-0.2, -0.15) is 13.2 Å². The van der Waals surface area contributed by atoms with Gasteiger partial charge in [-0.05, 0) is 86.5 Å². The average molecular weight is 487 g/mol. The molecule has 0 atom stereocenters. The van der Waals surface area contributed by atoms with Crippen LogP contribution in [-0.4, -0.2) is 22.6 Å². The molecule has 1 amide bonds. The molecule has 9 heteroatoms. The van der Waals surface area contributed by atoms with Crippen LogP contribution >= 0.6 is 0 Å². The molecule has 3 aromatic carbocycles. The van der Waals surface area contributed by atoms with Gasteiger partial charge in [-0.3, -0.25) is 4.79 Å². The van der Waals surface area contributed by atoms with Crippen LogP contribution in [0, 0.1) is 6.92 Å². The Hall–Kier alpha value is -4.01. The minimum absolute atomic E-state index is 0.146. The molecular formula is C26H24F3NO5. The Morgan fingerprint density at radius 1 is 0.914 bits per heavy atom. The van der Waals surface area contributed by atoms with Crippen molar-refractivity contribution >= 4 is 11.9 Å². The standard InChI is InChI=1S/C26H24F3NO5/c1-16-13-18(26(27,28)29)7-12-22(16)23(31)30-15-17-5-4-6-21(14-17)34-19-8-10-20(11-9-19)35-25(2,3)24(32)33/h4-14H,15H2,1-3H3,(H,30,31)(H,32,33). The van der Waals surface area contributed by atoms with Gasteiger partial charge in [0, 0.05) is 12.1 Å². The Kier molecular flexibility index (Phi) is 7.38. The number of carboxylic acids is 1. The fourth-order valence-corrected chi connectivity index (χ4v) is 3.14. The van der Waals surface area contributed by atoms with Crippen molar-refractivity contribution in [2.24, 2.45) is 0 Å². The average Bonchev–Trinajstić information content (AvgIpc) is 2.78. The summed E-state index contributed by atoms with van der Waals surface area (Å²) in [7, 11) is 0. The van der Waals surface area contributed by atoms with Crippen LogP contribution in [0.1, 0.15) is 40.9 Å². The summed E-state index contributed by atoms with van der Waals surface area (Å²) >= 11 is 0. The van der Waals surface area contributed by atoms with Crippen molar-refractivity contribution in [2.45, 2.75) is 39.1 Å². The van der Waals surface area contributed by atoms with E-state index >= 15 is 0 Å². The molecule has 35 heavy (non-hydrogen) atoms. The van der Waals surface area contributed by atoms with Crippen LogP contribution in [0.3, 0.4) is 0 Å². The topological polar surface area (TPSA) is 84.9 Å². The second kappa shape index (κ2) is 10.1. The molecule has 0 saturated carbocycles. The lowest BCUT2D eigenvalue weighted by Crippen LogP contribution is -2.37. The number of ether oxygens (including phenoxy) is 2. The molecule has 0 heterocycles. The predicted molar refractivity (Wildman–Crippen MR) is 123 cm³/mol. The minimum Gasteiger partial charge on any atom is -0.478 e. The third-order valence-electron chi connectivity index (χ3n) is 5.10. The molecule has 0 aliphatic heterocycles. The van der Waals surface area contributed by atoms with Gasteiger partial charge in [0.25, 0.3) is 5.91 Å². The van der Waals surface area contributed by atoms with Gasteiger partial charge in [-0.25, -0.2) is 4.79 Å². The van der Waals surface area contributed by atoms with Gasteiger partial charge in [0.05, 0.1) is 5.56 Å². The van der Waals surface area contributed by atoms with E-state index in [2.05, 4.69) is 5.32 Å². The monoisotopic (exact) mass is 487 g/mol. The van der Waals surface area contributed by atoms with E-state index in [0.29, 0.717) is 17.2 Å². The van der Waals surface area contributed by atoms with E-state index < -0.39 is 29.2 Å². The van der Waals surface area contributed by atoms with Crippen LogP contribution in [0.4, 0.5) is 13.2 Å². The smallest absolute Gasteiger partial charge is 0.416 e. The number of carboxylic acid groups (broad SMARTS) is 1. The molecule has 0 radical (unpaired) electrons. The molecule has 0 unspecified atom stereocenters. The summed E-state index contributed by atoms with van der Waals surface area (Å²) in [5.41, 5.74) is -1.06. The summed E-state index contributed by atoms with van der Waals surface area (Å²) in [5.74, 6) is -0.202. The van der Waals surface area contributed by atoms with Crippen molar-refractivity contribution in [2.75, 3.05) is 0 Å². The van der Waals surface area contributed by atoms with Crippen molar-refractivity contribution in [3.8, 4) is 17.2 Å². The number of alkyl halides is 3. The van der Waals surface area contributed by atoms with Gasteiger partial charge < -0.3 is 19.9 Å². The Morgan fingerprint density at radius 3 is 2.17 bits per heavy atom. The van der Waals surface area contributed by atoms with Gasteiger partial charge in [0.2, 0.25) is 0 Å². The van der Waals surface area contributed by atoms with Crippen LogP contribution in [-0.2, 0) is 17.5 Å². The van der Waals surface area contributed by atoms with E-state index in [0.717, 1.165) is 23.8 Å². The summed E-state index contributed by atoms with van der Waals surface area (Å²) in [6.45, 7) is 4.50. The molecule has 0 saturated heterocycles. The van der Waals surface area contributed by atoms with Crippen molar-refractivity contribution in [3.63, 3.8) is 0 Å². The van der Waals surface area contributed by atoms with Gasteiger partial charge in [0.15, 0.2) is 5.60 Å². The zero-order valence-corrected chi connectivity index (χ0v) is 19.3. The van der Waals surface area contributed by atoms with Crippen molar-refractivity contribution < 1.29 is 37.3 Å². The molecule has 0 aliphatic rings. The van der Waals surface area contributed by atoms with Crippen LogP contribution in [0.2, 0.25) is 0 Å². The van der Waals surface area contributed by atoms with Crippen molar-refractivity contribution in [1.82, 2.24) is 5.32 Å². The normalized spacial score (nSPS) is 11.6. The highest BCUT2D eigenvalue weighted by molar-refractivity contribution is 5.95. The number of halogens is 3. The molecule has 0 spiro atoms. The quantitative estimate of drug-likeness (QED) is 0.409. The number of hydrogen-bond donors (Lipinski definition) is 2. The predicted octanol–water partition coefficient (Wildman–Crippen LogP) is 5.98. The molecule has 0 bridgehead atoms. The molecule has 2 N–H and O–H groups in total. The van der Waals surface area contributed by atoms with E-state index in [-0.39, 0.29) is 17.7 Å². The highest BCUT2D eigenvalue weighted by Crippen LogP contribution is 2.30. The third kappa shape index (κ3) is 6.75. The number of nitrogens with one attached hydrogen (secondary N) is 1. The van der Waals surface area contributed by atoms with Crippen molar-refractivity contribution in [1.29, 1.82) is 0 Å². The molecular weight excluding hydrogens is 463 g/mol.